The van der Waals surface area contributed by atoms with E-state index >= 15 is 0 Å². The molecule has 0 aliphatic heterocycles. The quantitative estimate of drug-likeness (QED) is 0.505. The number of hydrogen-bond acceptors (Lipinski definition) is 4. The molecule has 1 aromatic heterocycles. The van der Waals surface area contributed by atoms with Gasteiger partial charge in [0.1, 0.15) is 6.20 Å². The van der Waals surface area contributed by atoms with Gasteiger partial charge in [-0.15, -0.1) is 0 Å². The summed E-state index contributed by atoms with van der Waals surface area (Å²) in [6.45, 7) is 0. The zero-order valence-electron chi connectivity index (χ0n) is 8.60. The van der Waals surface area contributed by atoms with E-state index in [1.807, 2.05) is 0 Å². The Kier molecular flexibility index (Phi) is 2.66. The van der Waals surface area contributed by atoms with E-state index in [1.54, 1.807) is 0 Å². The predicted molar refractivity (Wildman–Crippen MR) is 54.5 cm³/mol. The highest BCUT2D eigenvalue weighted by Gasteiger charge is 2.20. The molecule has 0 unspecified atom stereocenters. The first-order valence-electron chi connectivity index (χ1n) is 4.54. The van der Waals surface area contributed by atoms with Gasteiger partial charge in [0, 0.05) is 12.1 Å². The van der Waals surface area contributed by atoms with Crippen LogP contribution in [0.5, 0.6) is 0 Å². The van der Waals surface area contributed by atoms with E-state index in [4.69, 9.17) is 5.73 Å². The molecule has 0 aliphatic carbocycles. The second-order valence-electron chi connectivity index (χ2n) is 3.31. The maximum Gasteiger partial charge on any atom is 0.331 e. The van der Waals surface area contributed by atoms with Gasteiger partial charge in [-0.1, -0.05) is 0 Å². The van der Waals surface area contributed by atoms with E-state index in [2.05, 4.69) is 5.10 Å². The Morgan fingerprint density at radius 3 is 2.28 bits per heavy atom. The van der Waals surface area contributed by atoms with Crippen LogP contribution < -0.4 is 5.73 Å². The van der Waals surface area contributed by atoms with Gasteiger partial charge < -0.3 is 5.73 Å². The lowest BCUT2D eigenvalue weighted by atomic mass is 10.3. The monoisotopic (exact) mass is 258 g/mol. The summed E-state index contributed by atoms with van der Waals surface area (Å²) in [6, 6.07) is 1.26. The lowest BCUT2D eigenvalue weighted by molar-refractivity contribution is -0.383. The molecule has 1 aromatic carbocycles. The smallest absolute Gasteiger partial charge is 0.331 e. The molecule has 0 atom stereocenters. The molecular formula is C9H5F3N4O2. The van der Waals surface area contributed by atoms with Crippen LogP contribution in [-0.2, 0) is 0 Å². The first-order chi connectivity index (χ1) is 8.41. The van der Waals surface area contributed by atoms with Crippen molar-refractivity contribution in [3.8, 4) is 5.69 Å². The van der Waals surface area contributed by atoms with Crippen LogP contribution in [0.4, 0.5) is 24.7 Å². The van der Waals surface area contributed by atoms with Crippen LogP contribution in [0, 0.1) is 27.6 Å². The zero-order valence-corrected chi connectivity index (χ0v) is 8.60. The standard InChI is InChI=1S/C9H5F3N4O2/c10-5-1-4(2-6(11)8(5)12)15-9(13)7(3-14-15)16(17)18/h1-3H,13H2. The van der Waals surface area contributed by atoms with Gasteiger partial charge in [0.25, 0.3) is 0 Å². The second kappa shape index (κ2) is 4.02. The molecule has 2 aromatic rings. The maximum atomic E-state index is 13.0. The Morgan fingerprint density at radius 2 is 1.83 bits per heavy atom. The Balaban J connectivity index is 2.59. The molecule has 9 heteroatoms. The minimum atomic E-state index is -1.64. The second-order valence-corrected chi connectivity index (χ2v) is 3.31. The van der Waals surface area contributed by atoms with Crippen LogP contribution in [0.2, 0.25) is 0 Å². The Hall–Kier alpha value is -2.58. The SMILES string of the molecule is Nc1c([N+](=O)[O-])cnn1-c1cc(F)c(F)c(F)c1. The normalized spacial score (nSPS) is 10.6. The molecule has 2 N–H and O–H groups in total. The third-order valence-electron chi connectivity index (χ3n) is 2.20. The molecule has 0 amide bonds. The molecule has 0 fully saturated rings. The fourth-order valence-electron chi connectivity index (χ4n) is 1.36. The van der Waals surface area contributed by atoms with Crippen molar-refractivity contribution in [2.75, 3.05) is 5.73 Å². The third kappa shape index (κ3) is 1.75. The van der Waals surface area contributed by atoms with Gasteiger partial charge in [0.15, 0.2) is 17.5 Å². The largest absolute Gasteiger partial charge is 0.378 e. The van der Waals surface area contributed by atoms with Gasteiger partial charge >= 0.3 is 5.69 Å². The van der Waals surface area contributed by atoms with E-state index in [0.717, 1.165) is 10.9 Å². The van der Waals surface area contributed by atoms with Crippen molar-refractivity contribution in [2.24, 2.45) is 0 Å². The van der Waals surface area contributed by atoms with Gasteiger partial charge in [0.05, 0.1) is 10.6 Å². The van der Waals surface area contributed by atoms with Crippen molar-refractivity contribution < 1.29 is 18.1 Å². The van der Waals surface area contributed by atoms with Crippen molar-refractivity contribution in [2.45, 2.75) is 0 Å². The van der Waals surface area contributed by atoms with Crippen molar-refractivity contribution in [3.05, 3.63) is 45.9 Å². The first kappa shape index (κ1) is 11.9. The van der Waals surface area contributed by atoms with E-state index in [0.29, 0.717) is 12.1 Å². The van der Waals surface area contributed by atoms with Gasteiger partial charge in [-0.3, -0.25) is 10.1 Å². The number of nitrogens with two attached hydrogens (primary N) is 1. The van der Waals surface area contributed by atoms with Crippen LogP contribution in [-0.4, -0.2) is 14.7 Å². The van der Waals surface area contributed by atoms with E-state index < -0.39 is 33.9 Å². The highest BCUT2D eigenvalue weighted by atomic mass is 19.2. The van der Waals surface area contributed by atoms with Crippen molar-refractivity contribution in [1.82, 2.24) is 9.78 Å². The Labute approximate surface area is 97.6 Å². The fourth-order valence-corrected chi connectivity index (χ4v) is 1.36. The number of halogens is 3. The molecule has 94 valence electrons. The molecule has 2 rings (SSSR count). The van der Waals surface area contributed by atoms with Crippen molar-refractivity contribution in [3.63, 3.8) is 0 Å². The lowest BCUT2D eigenvalue weighted by Gasteiger charge is -2.04. The number of nitrogens with zero attached hydrogens (tertiary/aromatic N) is 3. The topological polar surface area (TPSA) is 87.0 Å². The molecule has 0 aliphatic rings. The zero-order chi connectivity index (χ0) is 13.4. The molecule has 6 nitrogen and oxygen atoms in total. The van der Waals surface area contributed by atoms with E-state index in [-0.39, 0.29) is 5.69 Å². The first-order valence-corrected chi connectivity index (χ1v) is 4.54. The van der Waals surface area contributed by atoms with E-state index in [1.165, 1.54) is 0 Å². The number of hydrogen-bond donors (Lipinski definition) is 1. The predicted octanol–water partition coefficient (Wildman–Crippen LogP) is 1.78. The molecule has 18 heavy (non-hydrogen) atoms. The summed E-state index contributed by atoms with van der Waals surface area (Å²) in [5.41, 5.74) is 4.63. The van der Waals surface area contributed by atoms with Crippen molar-refractivity contribution >= 4 is 11.5 Å². The Bertz CT molecular complexity index is 618. The average Bonchev–Trinajstić information content (AvgIpc) is 2.67. The van der Waals surface area contributed by atoms with Crippen LogP contribution in [0.1, 0.15) is 0 Å². The summed E-state index contributed by atoms with van der Waals surface area (Å²) in [5, 5.41) is 14.0. The summed E-state index contributed by atoms with van der Waals surface area (Å²) < 4.78 is 39.5. The number of rotatable bonds is 2. The number of nitro groups is 1. The third-order valence-corrected chi connectivity index (χ3v) is 2.20. The van der Waals surface area contributed by atoms with E-state index in [9.17, 15) is 23.3 Å². The van der Waals surface area contributed by atoms with Crippen LogP contribution in [0.3, 0.4) is 0 Å². The Morgan fingerprint density at radius 1 is 1.28 bits per heavy atom. The van der Waals surface area contributed by atoms with Crippen LogP contribution in [0.15, 0.2) is 18.3 Å². The summed E-state index contributed by atoms with van der Waals surface area (Å²) >= 11 is 0. The molecule has 0 spiro atoms. The summed E-state index contributed by atoms with van der Waals surface area (Å²) in [7, 11) is 0. The number of benzene rings is 1. The summed E-state index contributed by atoms with van der Waals surface area (Å²) in [6.07, 6.45) is 0.828. The molecule has 0 radical (unpaired) electrons. The minimum Gasteiger partial charge on any atom is -0.378 e. The van der Waals surface area contributed by atoms with Crippen LogP contribution in [0.25, 0.3) is 5.69 Å². The highest BCUT2D eigenvalue weighted by molar-refractivity contribution is 5.56. The lowest BCUT2D eigenvalue weighted by Crippen LogP contribution is -2.05. The fraction of sp³-hybridized carbons (Fsp3) is 0. The summed E-state index contributed by atoms with van der Waals surface area (Å²) in [4.78, 5) is 9.72. The number of nitrogen functional groups attached to an aromatic ring is 1. The average molecular weight is 258 g/mol. The van der Waals surface area contributed by atoms with Crippen LogP contribution >= 0.6 is 0 Å². The molecule has 1 heterocycles. The van der Waals surface area contributed by atoms with Gasteiger partial charge in [-0.2, -0.15) is 5.10 Å². The molecular weight excluding hydrogens is 253 g/mol. The maximum absolute atomic E-state index is 13.0. The molecule has 0 bridgehead atoms. The minimum absolute atomic E-state index is 0.253. The van der Waals surface area contributed by atoms with Gasteiger partial charge in [0.2, 0.25) is 5.82 Å². The van der Waals surface area contributed by atoms with Gasteiger partial charge in [-0.05, 0) is 0 Å². The highest BCUT2D eigenvalue weighted by Crippen LogP contribution is 2.25. The summed E-state index contributed by atoms with van der Waals surface area (Å²) in [5.74, 6) is -4.94. The number of anilines is 1. The van der Waals surface area contributed by atoms with Crippen molar-refractivity contribution in [1.29, 1.82) is 0 Å². The number of aromatic nitrogens is 2. The molecule has 0 saturated carbocycles. The van der Waals surface area contributed by atoms with Gasteiger partial charge in [-0.25, -0.2) is 17.9 Å². The molecule has 0 saturated heterocycles.